The highest BCUT2D eigenvalue weighted by molar-refractivity contribution is 6.31. The number of hydrogen-bond acceptors (Lipinski definition) is 8. The third kappa shape index (κ3) is 6.60. The molecule has 2 aliphatic carbocycles. The van der Waals surface area contributed by atoms with Gasteiger partial charge in [0.15, 0.2) is 12.8 Å². The second-order valence-corrected chi connectivity index (χ2v) is 13.4. The maximum atomic E-state index is 12.7. The van der Waals surface area contributed by atoms with Gasteiger partial charge in [0.05, 0.1) is 11.9 Å². The normalized spacial score (nSPS) is 17.0. The average Bonchev–Trinajstić information content (AvgIpc) is 3.49. The molecule has 11 heteroatoms. The summed E-state index contributed by atoms with van der Waals surface area (Å²) in [5, 5.41) is 9.69. The molecule has 3 N–H and O–H groups in total. The molecule has 0 amide bonds. The van der Waals surface area contributed by atoms with Crippen LogP contribution in [-0.4, -0.2) is 35.4 Å². The third-order valence-electron chi connectivity index (χ3n) is 9.36. The van der Waals surface area contributed by atoms with Crippen molar-refractivity contribution < 1.29 is 18.6 Å². The van der Waals surface area contributed by atoms with E-state index in [1.54, 1.807) is 6.07 Å². The number of nitrogens with one attached hydrogen (secondary N) is 1. The smallest absolute Gasteiger partial charge is 0.336 e. The number of anilines is 2. The Morgan fingerprint density at radius 3 is 2.85 bits per heavy atom. The number of ether oxygens (including phenoxy) is 1. The van der Waals surface area contributed by atoms with Crippen molar-refractivity contribution in [2.75, 3.05) is 24.7 Å². The zero-order valence-electron chi connectivity index (χ0n) is 26.6. The highest BCUT2D eigenvalue weighted by atomic mass is 35.5. The Labute approximate surface area is 277 Å². The molecular weight excluding hydrogens is 616 g/mol. The van der Waals surface area contributed by atoms with Crippen LogP contribution in [0, 0.1) is 5.92 Å². The van der Waals surface area contributed by atoms with Gasteiger partial charge in [0, 0.05) is 69.8 Å². The van der Waals surface area contributed by atoms with Crippen LogP contribution in [0.25, 0.3) is 21.9 Å². The van der Waals surface area contributed by atoms with E-state index in [0.717, 1.165) is 73.0 Å². The van der Waals surface area contributed by atoms with Crippen LogP contribution < -0.4 is 20.9 Å². The number of carbonyl (C=O) groups is 1. The highest BCUT2D eigenvalue weighted by Crippen LogP contribution is 2.47. The van der Waals surface area contributed by atoms with Gasteiger partial charge in [-0.1, -0.05) is 28.5 Å². The molecule has 2 unspecified atom stereocenters. The van der Waals surface area contributed by atoms with Crippen molar-refractivity contribution in [3.63, 3.8) is 0 Å². The summed E-state index contributed by atoms with van der Waals surface area (Å²) < 4.78 is 12.8. The number of halogens is 1. The van der Waals surface area contributed by atoms with Gasteiger partial charge in [0.2, 0.25) is 0 Å². The molecule has 242 valence electrons. The molecule has 2 aliphatic rings. The quantitative estimate of drug-likeness (QED) is 0.0637. The van der Waals surface area contributed by atoms with E-state index in [1.165, 1.54) is 17.2 Å². The Balaban J connectivity index is 0.894. The lowest BCUT2D eigenvalue weighted by Crippen LogP contribution is -2.35. The van der Waals surface area contributed by atoms with E-state index >= 15 is 0 Å². The van der Waals surface area contributed by atoms with Gasteiger partial charge in [0.1, 0.15) is 12.1 Å². The molecule has 0 saturated heterocycles. The molecule has 2 aromatic carbocycles. The summed E-state index contributed by atoms with van der Waals surface area (Å²) in [5.74, 6) is 0.477. The fourth-order valence-electron chi connectivity index (χ4n) is 7.16. The van der Waals surface area contributed by atoms with E-state index in [1.807, 2.05) is 60.2 Å². The number of nitrogen functional groups attached to an aromatic ring is 1. The van der Waals surface area contributed by atoms with E-state index in [2.05, 4.69) is 16.4 Å². The van der Waals surface area contributed by atoms with Crippen molar-refractivity contribution in [2.45, 2.75) is 64.0 Å². The zero-order chi connectivity index (χ0) is 32.7. The summed E-state index contributed by atoms with van der Waals surface area (Å²) >= 11 is 6.22. The Hall–Kier alpha value is -4.70. The number of esters is 1. The van der Waals surface area contributed by atoms with E-state index < -0.39 is 11.6 Å². The van der Waals surface area contributed by atoms with Gasteiger partial charge in [-0.05, 0) is 86.3 Å². The molecule has 10 nitrogen and oxygen atoms in total. The number of unbranched alkanes of at least 4 members (excludes halogenated alkanes) is 1. The number of pyridine rings is 1. The first kappa shape index (κ1) is 30.9. The second kappa shape index (κ2) is 12.8. The maximum Gasteiger partial charge on any atom is 0.336 e. The topological polar surface area (TPSA) is 131 Å². The minimum atomic E-state index is -0.501. The second-order valence-electron chi connectivity index (χ2n) is 13.0. The first-order chi connectivity index (χ1) is 22.7. The summed E-state index contributed by atoms with van der Waals surface area (Å²) in [4.78, 5) is 31.7. The Morgan fingerprint density at radius 1 is 1.15 bits per heavy atom. The lowest BCUT2D eigenvalue weighted by molar-refractivity contribution is -0.754. The lowest BCUT2D eigenvalue weighted by atomic mass is 9.70. The lowest BCUT2D eigenvalue weighted by Gasteiger charge is -2.36. The van der Waals surface area contributed by atoms with Crippen molar-refractivity contribution in [3.8, 4) is 0 Å². The summed E-state index contributed by atoms with van der Waals surface area (Å²) in [6.07, 6.45) is 10.5. The molecular formula is C36H38ClN6O4+. The summed E-state index contributed by atoms with van der Waals surface area (Å²) in [7, 11) is 3.82. The molecule has 0 radical (unpaired) electrons. The Bertz CT molecular complexity index is 2080. The van der Waals surface area contributed by atoms with Gasteiger partial charge in [-0.2, -0.15) is 4.68 Å². The van der Waals surface area contributed by atoms with Crippen molar-refractivity contribution in [2.24, 2.45) is 5.92 Å². The first-order valence-electron chi connectivity index (χ1n) is 16.1. The largest absolute Gasteiger partial charge is 0.456 e. The molecule has 5 aromatic rings. The van der Waals surface area contributed by atoms with Gasteiger partial charge >= 0.3 is 11.6 Å². The van der Waals surface area contributed by atoms with Crippen LogP contribution in [0.3, 0.4) is 0 Å². The third-order valence-corrected chi connectivity index (χ3v) is 9.59. The van der Waals surface area contributed by atoms with Crippen LogP contribution in [-0.2, 0) is 35.5 Å². The predicted molar refractivity (Wildman–Crippen MR) is 181 cm³/mol. The van der Waals surface area contributed by atoms with Crippen LogP contribution >= 0.6 is 11.6 Å². The van der Waals surface area contributed by atoms with Crippen molar-refractivity contribution in [3.05, 3.63) is 98.3 Å². The van der Waals surface area contributed by atoms with E-state index in [0.29, 0.717) is 39.1 Å². The predicted octanol–water partition coefficient (Wildman–Crippen LogP) is 5.79. The van der Waals surface area contributed by atoms with Gasteiger partial charge in [-0.15, -0.1) is 0 Å². The molecule has 0 spiro atoms. The molecule has 3 heterocycles. The summed E-state index contributed by atoms with van der Waals surface area (Å²) in [6, 6.07) is 12.7. The summed E-state index contributed by atoms with van der Waals surface area (Å²) in [5.41, 5.74) is 14.4. The van der Waals surface area contributed by atoms with Gasteiger partial charge in [-0.25, -0.2) is 4.79 Å². The van der Waals surface area contributed by atoms with Crippen LogP contribution in [0.2, 0.25) is 5.02 Å². The number of aryl methyl sites for hydroxylation is 1. The SMILES string of the molecule is CN(C)c1ccc2c(CC(=O)OCc3c[n+](CCCCC4=CC5Cc6nc7cc(Cl)ccc7c(N)c6C(C4)C5)[nH]n3)cc(=O)oc2c1. The van der Waals surface area contributed by atoms with Gasteiger partial charge in [0.25, 0.3) is 5.69 Å². The molecule has 47 heavy (non-hydrogen) atoms. The fourth-order valence-corrected chi connectivity index (χ4v) is 7.33. The fraction of sp³-hybridized carbons (Fsp3) is 0.361. The number of aromatic amines is 1. The Morgan fingerprint density at radius 2 is 2.00 bits per heavy atom. The zero-order valence-corrected chi connectivity index (χ0v) is 27.3. The molecule has 2 atom stereocenters. The molecule has 3 aromatic heterocycles. The maximum absolute atomic E-state index is 12.7. The number of aromatic nitrogens is 4. The molecule has 0 saturated carbocycles. The number of nitrogens with zero attached hydrogens (tertiary/aromatic N) is 4. The van der Waals surface area contributed by atoms with Crippen molar-refractivity contribution in [1.29, 1.82) is 0 Å². The number of benzene rings is 2. The average molecular weight is 654 g/mol. The number of fused-ring (bicyclic) bond motifs is 6. The van der Waals surface area contributed by atoms with Crippen LogP contribution in [0.5, 0.6) is 0 Å². The minimum absolute atomic E-state index is 0.0362. The first-order valence-corrected chi connectivity index (χ1v) is 16.5. The monoisotopic (exact) mass is 653 g/mol. The Kier molecular flexibility index (Phi) is 8.44. The number of nitrogens with two attached hydrogens (primary N) is 1. The highest BCUT2D eigenvalue weighted by Gasteiger charge is 2.33. The minimum Gasteiger partial charge on any atom is -0.456 e. The summed E-state index contributed by atoms with van der Waals surface area (Å²) in [6.45, 7) is 0.833. The van der Waals surface area contributed by atoms with E-state index in [-0.39, 0.29) is 13.0 Å². The molecule has 0 fully saturated rings. The number of hydrogen-bond donors (Lipinski definition) is 2. The molecule has 0 aliphatic heterocycles. The molecule has 7 rings (SSSR count). The van der Waals surface area contributed by atoms with E-state index in [4.69, 9.17) is 31.5 Å². The standard InChI is InChI=1S/C36H37ClN6O4/c1-42(2)27-7-9-28-23(16-34(45)47-32(28)18-27)15-33(44)46-20-26-19-43(41-40-26)10-4-3-5-21-11-22-13-24(12-21)35-31(14-22)39-30-17-25(37)6-8-29(30)36(35)38/h6-9,11,16-19,22,24H,3-5,10,12-15,20H2,1-2H3,(H2,38,39)/p+1. The number of H-pyrrole nitrogens is 1. The number of rotatable bonds is 10. The van der Waals surface area contributed by atoms with Gasteiger partial charge < -0.3 is 19.8 Å². The van der Waals surface area contributed by atoms with Crippen LogP contribution in [0.4, 0.5) is 11.4 Å². The van der Waals surface area contributed by atoms with E-state index in [9.17, 15) is 9.59 Å². The molecule has 2 bridgehead atoms. The van der Waals surface area contributed by atoms with Gasteiger partial charge in [-0.3, -0.25) is 9.78 Å². The van der Waals surface area contributed by atoms with Crippen LogP contribution in [0.15, 0.2) is 69.5 Å². The number of carbonyl (C=O) groups excluding carboxylic acids is 1. The number of allylic oxidation sites excluding steroid dienone is 2. The van der Waals surface area contributed by atoms with Crippen LogP contribution in [0.1, 0.15) is 60.5 Å². The van der Waals surface area contributed by atoms with Crippen molar-refractivity contribution in [1.82, 2.24) is 15.3 Å². The van der Waals surface area contributed by atoms with Crippen molar-refractivity contribution >= 4 is 50.8 Å².